The van der Waals surface area contributed by atoms with Crippen LogP contribution in [-0.4, -0.2) is 24.7 Å². The van der Waals surface area contributed by atoms with E-state index in [1.807, 2.05) is 0 Å². The molecular weight excluding hydrogens is 146 g/mol. The number of hydrogen-bond donors (Lipinski definition) is 1. The molecule has 0 radical (unpaired) electrons. The molecule has 0 aliphatic heterocycles. The lowest BCUT2D eigenvalue weighted by molar-refractivity contribution is 0.900. The Morgan fingerprint density at radius 3 is 3.27 bits per heavy atom. The maximum Gasteiger partial charge on any atom is 0.363 e. The average molecular weight is 151 g/mol. The number of aryl methyl sites for hydroxylation is 1. The zero-order valence-corrected chi connectivity index (χ0v) is 5.77. The van der Waals surface area contributed by atoms with E-state index in [-0.39, 0.29) is 0 Å². The van der Waals surface area contributed by atoms with Gasteiger partial charge in [0.1, 0.15) is 0 Å². The summed E-state index contributed by atoms with van der Waals surface area (Å²) >= 11 is 0. The molecule has 2 heterocycles. The van der Waals surface area contributed by atoms with Crippen LogP contribution in [-0.2, 0) is 7.05 Å². The molecule has 0 atom stereocenters. The zero-order chi connectivity index (χ0) is 7.84. The summed E-state index contributed by atoms with van der Waals surface area (Å²) < 4.78 is 1.64. The molecule has 0 amide bonds. The first-order valence-corrected chi connectivity index (χ1v) is 3.01. The van der Waals surface area contributed by atoms with Crippen LogP contribution in [0.4, 0.5) is 0 Å². The molecule has 0 unspecified atom stereocenters. The molecule has 0 saturated heterocycles. The van der Waals surface area contributed by atoms with E-state index in [0.717, 1.165) is 0 Å². The van der Waals surface area contributed by atoms with Crippen molar-refractivity contribution in [2.24, 2.45) is 7.05 Å². The fraction of sp³-hybridized carbons (Fsp3) is 0.200. The van der Waals surface area contributed by atoms with Crippen molar-refractivity contribution in [2.45, 2.75) is 0 Å². The topological polar surface area (TPSA) is 76.5 Å². The summed E-state index contributed by atoms with van der Waals surface area (Å²) in [5.74, 6) is 0. The molecule has 2 aromatic heterocycles. The van der Waals surface area contributed by atoms with Crippen LogP contribution in [0.5, 0.6) is 0 Å². The summed E-state index contributed by atoms with van der Waals surface area (Å²) in [6, 6.07) is 0. The molecule has 11 heavy (non-hydrogen) atoms. The fourth-order valence-electron chi connectivity index (χ4n) is 0.841. The van der Waals surface area contributed by atoms with Gasteiger partial charge in [0.15, 0.2) is 5.65 Å². The van der Waals surface area contributed by atoms with Crippen molar-refractivity contribution >= 4 is 11.3 Å². The lowest BCUT2D eigenvalue weighted by atomic mass is 10.7. The second-order valence-electron chi connectivity index (χ2n) is 2.14. The second kappa shape index (κ2) is 1.88. The molecule has 0 saturated carbocycles. The normalized spacial score (nSPS) is 10.6. The van der Waals surface area contributed by atoms with E-state index >= 15 is 0 Å². The maximum atomic E-state index is 10.7. The van der Waals surface area contributed by atoms with Gasteiger partial charge in [-0.25, -0.2) is 14.9 Å². The summed E-state index contributed by atoms with van der Waals surface area (Å²) in [5, 5.41) is 5.86. The third kappa shape index (κ3) is 0.794. The summed E-state index contributed by atoms with van der Waals surface area (Å²) in [5.41, 5.74) is 0.488. The average Bonchev–Trinajstić information content (AvgIpc) is 2.33. The molecule has 0 aliphatic rings. The van der Waals surface area contributed by atoms with Crippen LogP contribution in [0, 0.1) is 0 Å². The molecule has 2 rings (SSSR count). The van der Waals surface area contributed by atoms with Crippen LogP contribution in [0.25, 0.3) is 11.3 Å². The van der Waals surface area contributed by atoms with E-state index in [0.29, 0.717) is 11.3 Å². The number of imidazole rings is 1. The maximum absolute atomic E-state index is 10.7. The van der Waals surface area contributed by atoms with Gasteiger partial charge in [-0.1, -0.05) is 0 Å². The molecule has 0 aromatic carbocycles. The summed E-state index contributed by atoms with van der Waals surface area (Å²) in [7, 11) is 1.75. The van der Waals surface area contributed by atoms with Crippen LogP contribution in [0.1, 0.15) is 0 Å². The van der Waals surface area contributed by atoms with Crippen LogP contribution >= 0.6 is 0 Å². The first-order chi connectivity index (χ1) is 5.27. The lowest BCUT2D eigenvalue weighted by Crippen LogP contribution is -2.12. The van der Waals surface area contributed by atoms with Gasteiger partial charge in [0, 0.05) is 7.05 Å². The molecule has 56 valence electrons. The standard InChI is InChI=1S/C5H5N5O/c1-10-2-6-3-4(10)7-5(11)9-8-3/h2H,1H3,(H,7,9,11). The third-order valence-electron chi connectivity index (χ3n) is 1.35. The van der Waals surface area contributed by atoms with Crippen molar-refractivity contribution in [3.8, 4) is 0 Å². The van der Waals surface area contributed by atoms with Gasteiger partial charge < -0.3 is 4.57 Å². The predicted octanol–water partition coefficient (Wildman–Crippen LogP) is -0.948. The van der Waals surface area contributed by atoms with Gasteiger partial charge in [-0.05, 0) is 0 Å². The van der Waals surface area contributed by atoms with Gasteiger partial charge in [-0.15, -0.1) is 5.10 Å². The van der Waals surface area contributed by atoms with Crippen molar-refractivity contribution < 1.29 is 0 Å². The van der Waals surface area contributed by atoms with Gasteiger partial charge >= 0.3 is 5.69 Å². The third-order valence-corrected chi connectivity index (χ3v) is 1.35. The number of nitrogens with zero attached hydrogens (tertiary/aromatic N) is 4. The Balaban J connectivity index is 2.98. The Morgan fingerprint density at radius 2 is 2.45 bits per heavy atom. The second-order valence-corrected chi connectivity index (χ2v) is 2.14. The molecule has 0 aliphatic carbocycles. The van der Waals surface area contributed by atoms with Crippen molar-refractivity contribution in [1.29, 1.82) is 0 Å². The minimum atomic E-state index is -0.457. The van der Waals surface area contributed by atoms with Crippen molar-refractivity contribution in [3.63, 3.8) is 0 Å². The van der Waals surface area contributed by atoms with Gasteiger partial charge in [0.05, 0.1) is 6.33 Å². The van der Waals surface area contributed by atoms with Gasteiger partial charge in [-0.3, -0.25) is 0 Å². The van der Waals surface area contributed by atoms with Crippen molar-refractivity contribution in [1.82, 2.24) is 24.7 Å². The largest absolute Gasteiger partial charge is 0.363 e. The summed E-state index contributed by atoms with van der Waals surface area (Å²) in [6.07, 6.45) is 1.55. The minimum Gasteiger partial charge on any atom is -0.317 e. The molecule has 6 nitrogen and oxygen atoms in total. The predicted molar refractivity (Wildman–Crippen MR) is 36.9 cm³/mol. The Labute approximate surface area is 60.9 Å². The van der Waals surface area contributed by atoms with E-state index in [1.165, 1.54) is 0 Å². The van der Waals surface area contributed by atoms with E-state index in [1.54, 1.807) is 17.9 Å². The molecular formula is C5H5N5O. The van der Waals surface area contributed by atoms with Crippen molar-refractivity contribution in [3.05, 3.63) is 16.8 Å². The summed E-state index contributed by atoms with van der Waals surface area (Å²) in [4.78, 5) is 18.2. The van der Waals surface area contributed by atoms with E-state index in [9.17, 15) is 4.79 Å². The zero-order valence-electron chi connectivity index (χ0n) is 5.77. The molecule has 1 N–H and O–H groups in total. The quantitative estimate of drug-likeness (QED) is 0.526. The number of nitrogens with one attached hydrogen (secondary N) is 1. The highest BCUT2D eigenvalue weighted by molar-refractivity contribution is 5.63. The Hall–Kier alpha value is -1.72. The molecule has 0 fully saturated rings. The van der Waals surface area contributed by atoms with Gasteiger partial charge in [0.25, 0.3) is 0 Å². The van der Waals surface area contributed by atoms with Crippen LogP contribution in [0.2, 0.25) is 0 Å². The van der Waals surface area contributed by atoms with Crippen LogP contribution in [0.3, 0.4) is 0 Å². The first kappa shape index (κ1) is 6.02. The SMILES string of the molecule is Cn1cnc2n[nH]c(=O)nc21. The van der Waals surface area contributed by atoms with Gasteiger partial charge in [-0.2, -0.15) is 4.98 Å². The molecule has 0 spiro atoms. The molecule has 6 heteroatoms. The van der Waals surface area contributed by atoms with E-state index in [2.05, 4.69) is 20.2 Å². The number of aromatic amines is 1. The van der Waals surface area contributed by atoms with E-state index < -0.39 is 5.69 Å². The number of fused-ring (bicyclic) bond motifs is 1. The smallest absolute Gasteiger partial charge is 0.317 e. The van der Waals surface area contributed by atoms with Gasteiger partial charge in [0.2, 0.25) is 5.65 Å². The number of rotatable bonds is 0. The van der Waals surface area contributed by atoms with Crippen LogP contribution in [0.15, 0.2) is 11.1 Å². The Kier molecular flexibility index (Phi) is 1.03. The highest BCUT2D eigenvalue weighted by Gasteiger charge is 2.00. The summed E-state index contributed by atoms with van der Waals surface area (Å²) in [6.45, 7) is 0. The molecule has 2 aromatic rings. The minimum absolute atomic E-state index is 0.451. The monoisotopic (exact) mass is 151 g/mol. The fourth-order valence-corrected chi connectivity index (χ4v) is 0.841. The lowest BCUT2D eigenvalue weighted by Gasteiger charge is -1.87. The Morgan fingerprint density at radius 1 is 1.64 bits per heavy atom. The number of aromatic nitrogens is 5. The number of H-pyrrole nitrogens is 1. The Bertz CT molecular complexity index is 441. The highest BCUT2D eigenvalue weighted by atomic mass is 16.1. The van der Waals surface area contributed by atoms with Crippen molar-refractivity contribution in [2.75, 3.05) is 0 Å². The molecule has 0 bridgehead atoms. The van der Waals surface area contributed by atoms with E-state index in [4.69, 9.17) is 0 Å². The first-order valence-electron chi connectivity index (χ1n) is 3.01. The highest BCUT2D eigenvalue weighted by Crippen LogP contribution is 1.98. The number of hydrogen-bond acceptors (Lipinski definition) is 4. The van der Waals surface area contributed by atoms with Crippen LogP contribution < -0.4 is 5.69 Å².